The molecule has 0 aliphatic carbocycles. The Kier molecular flexibility index (Phi) is 6.65. The predicted octanol–water partition coefficient (Wildman–Crippen LogP) is 1.83. The Morgan fingerprint density at radius 3 is 1.93 bits per heavy atom. The van der Waals surface area contributed by atoms with Crippen LogP contribution >= 0.6 is 0 Å². The van der Waals surface area contributed by atoms with Gasteiger partial charge >= 0.3 is 18.0 Å². The van der Waals surface area contributed by atoms with Gasteiger partial charge in [-0.3, -0.25) is 10.1 Å². The Morgan fingerprint density at radius 2 is 1.41 bits per heavy atom. The first-order valence-electron chi connectivity index (χ1n) is 7.93. The number of ether oxygens (including phenoxy) is 2. The molecular formula is C19H18N2O6. The van der Waals surface area contributed by atoms with Crippen LogP contribution in [0.15, 0.2) is 54.6 Å². The second-order valence-corrected chi connectivity index (χ2v) is 5.33. The number of esters is 2. The number of carbonyl (C=O) groups is 4. The van der Waals surface area contributed by atoms with Crippen molar-refractivity contribution in [2.24, 2.45) is 0 Å². The smallest absolute Gasteiger partial charge is 0.339 e. The first-order chi connectivity index (χ1) is 13.0. The Morgan fingerprint density at radius 1 is 0.852 bits per heavy atom. The van der Waals surface area contributed by atoms with Crippen LogP contribution in [0.2, 0.25) is 0 Å². The van der Waals surface area contributed by atoms with Gasteiger partial charge < -0.3 is 14.8 Å². The van der Waals surface area contributed by atoms with Gasteiger partial charge in [-0.2, -0.15) is 0 Å². The summed E-state index contributed by atoms with van der Waals surface area (Å²) in [6, 6.07) is 13.1. The molecule has 2 rings (SSSR count). The number of imide groups is 1. The van der Waals surface area contributed by atoms with Crippen LogP contribution in [0.25, 0.3) is 0 Å². The maximum Gasteiger partial charge on any atom is 0.339 e. The summed E-state index contributed by atoms with van der Waals surface area (Å²) in [5.74, 6) is -2.12. The maximum atomic E-state index is 12.4. The zero-order valence-corrected chi connectivity index (χ0v) is 14.7. The molecule has 2 aromatic rings. The van der Waals surface area contributed by atoms with Crippen LogP contribution in [0.3, 0.4) is 0 Å². The van der Waals surface area contributed by atoms with E-state index in [2.05, 4.69) is 15.4 Å². The number of methoxy groups -OCH3 is 1. The molecule has 2 N–H and O–H groups in total. The van der Waals surface area contributed by atoms with Crippen molar-refractivity contribution in [1.29, 1.82) is 0 Å². The molecule has 1 atom stereocenters. The van der Waals surface area contributed by atoms with E-state index >= 15 is 0 Å². The molecule has 8 heteroatoms. The van der Waals surface area contributed by atoms with Gasteiger partial charge in [0, 0.05) is 12.6 Å². The van der Waals surface area contributed by atoms with Gasteiger partial charge in [-0.1, -0.05) is 30.3 Å². The van der Waals surface area contributed by atoms with Gasteiger partial charge in [-0.05, 0) is 24.3 Å². The van der Waals surface area contributed by atoms with Crippen molar-refractivity contribution in [2.75, 3.05) is 14.2 Å². The van der Waals surface area contributed by atoms with Gasteiger partial charge in [0.05, 0.1) is 18.2 Å². The zero-order valence-electron chi connectivity index (χ0n) is 14.7. The van der Waals surface area contributed by atoms with E-state index in [-0.39, 0.29) is 11.1 Å². The standard InChI is InChI=1S/C19H18N2O6/c1-20-19(25)21-16(22)15(12-6-4-3-5-7-12)27-18(24)14-10-8-13(9-11-14)17(23)26-2/h3-11,15H,1-2H3,(H2,20,21,22,25)/t15-/m1/s1. The van der Waals surface area contributed by atoms with E-state index in [0.29, 0.717) is 5.56 Å². The van der Waals surface area contributed by atoms with Gasteiger partial charge in [0.15, 0.2) is 0 Å². The van der Waals surface area contributed by atoms with E-state index in [1.54, 1.807) is 30.3 Å². The minimum Gasteiger partial charge on any atom is -0.465 e. The second kappa shape index (κ2) is 9.14. The number of rotatable bonds is 5. The SMILES string of the molecule is CNC(=O)NC(=O)[C@H](OC(=O)c1ccc(C(=O)OC)cc1)c1ccccc1. The summed E-state index contributed by atoms with van der Waals surface area (Å²) in [5, 5.41) is 4.34. The first kappa shape index (κ1) is 19.6. The Balaban J connectivity index is 2.21. The number of hydrogen-bond acceptors (Lipinski definition) is 6. The largest absolute Gasteiger partial charge is 0.465 e. The second-order valence-electron chi connectivity index (χ2n) is 5.33. The molecule has 0 aliphatic heterocycles. The zero-order chi connectivity index (χ0) is 19.8. The minimum absolute atomic E-state index is 0.135. The Hall–Kier alpha value is -3.68. The fourth-order valence-corrected chi connectivity index (χ4v) is 2.18. The number of amides is 3. The van der Waals surface area contributed by atoms with Gasteiger partial charge in [-0.15, -0.1) is 0 Å². The van der Waals surface area contributed by atoms with Crippen LogP contribution in [0.5, 0.6) is 0 Å². The number of benzene rings is 2. The van der Waals surface area contributed by atoms with Crippen molar-refractivity contribution >= 4 is 23.9 Å². The lowest BCUT2D eigenvalue weighted by Crippen LogP contribution is -2.41. The molecule has 8 nitrogen and oxygen atoms in total. The van der Waals surface area contributed by atoms with E-state index in [9.17, 15) is 19.2 Å². The molecule has 0 radical (unpaired) electrons. The van der Waals surface area contributed by atoms with Crippen LogP contribution < -0.4 is 10.6 Å². The predicted molar refractivity (Wildman–Crippen MR) is 95.0 cm³/mol. The highest BCUT2D eigenvalue weighted by Crippen LogP contribution is 2.20. The number of hydrogen-bond donors (Lipinski definition) is 2. The van der Waals surface area contributed by atoms with Crippen molar-refractivity contribution in [3.8, 4) is 0 Å². The highest BCUT2D eigenvalue weighted by atomic mass is 16.5. The van der Waals surface area contributed by atoms with Crippen molar-refractivity contribution in [3.63, 3.8) is 0 Å². The number of carbonyl (C=O) groups excluding carboxylic acids is 4. The third kappa shape index (κ3) is 5.15. The molecule has 0 fully saturated rings. The topological polar surface area (TPSA) is 111 Å². The number of urea groups is 1. The lowest BCUT2D eigenvalue weighted by molar-refractivity contribution is -0.129. The van der Waals surface area contributed by atoms with Crippen LogP contribution in [0, 0.1) is 0 Å². The van der Waals surface area contributed by atoms with Crippen LogP contribution in [-0.4, -0.2) is 38.0 Å². The Labute approximate surface area is 155 Å². The fourth-order valence-electron chi connectivity index (χ4n) is 2.18. The highest BCUT2D eigenvalue weighted by Gasteiger charge is 2.27. The van der Waals surface area contributed by atoms with E-state index in [4.69, 9.17) is 4.74 Å². The van der Waals surface area contributed by atoms with E-state index in [0.717, 1.165) is 0 Å². The fraction of sp³-hybridized carbons (Fsp3) is 0.158. The average Bonchev–Trinajstić information content (AvgIpc) is 2.71. The van der Waals surface area contributed by atoms with E-state index in [1.807, 2.05) is 0 Å². The summed E-state index contributed by atoms with van der Waals surface area (Å²) in [5.41, 5.74) is 0.806. The first-order valence-corrected chi connectivity index (χ1v) is 7.93. The molecule has 0 heterocycles. The summed E-state index contributed by atoms with van der Waals surface area (Å²) in [7, 11) is 2.61. The van der Waals surface area contributed by atoms with Crippen molar-refractivity contribution in [2.45, 2.75) is 6.10 Å². The molecule has 0 bridgehead atoms. The molecule has 0 saturated carbocycles. The molecule has 0 aliphatic rings. The quantitative estimate of drug-likeness (QED) is 0.777. The molecule has 3 amide bonds. The normalized spacial score (nSPS) is 11.0. The van der Waals surface area contributed by atoms with Gasteiger partial charge in [0.1, 0.15) is 0 Å². The van der Waals surface area contributed by atoms with Crippen molar-refractivity contribution < 1.29 is 28.7 Å². The van der Waals surface area contributed by atoms with Gasteiger partial charge in [-0.25, -0.2) is 14.4 Å². The van der Waals surface area contributed by atoms with E-state index in [1.165, 1.54) is 38.4 Å². The van der Waals surface area contributed by atoms with Crippen LogP contribution in [-0.2, 0) is 14.3 Å². The number of nitrogens with one attached hydrogen (secondary N) is 2. The summed E-state index contributed by atoms with van der Waals surface area (Å²) in [4.78, 5) is 47.6. The van der Waals surface area contributed by atoms with Crippen LogP contribution in [0.1, 0.15) is 32.4 Å². The lowest BCUT2D eigenvalue weighted by Gasteiger charge is -2.17. The van der Waals surface area contributed by atoms with Gasteiger partial charge in [0.25, 0.3) is 5.91 Å². The highest BCUT2D eigenvalue weighted by molar-refractivity contribution is 5.99. The summed E-state index contributed by atoms with van der Waals surface area (Å²) in [6.07, 6.45) is -1.32. The van der Waals surface area contributed by atoms with Gasteiger partial charge in [0.2, 0.25) is 6.10 Å². The molecule has 0 spiro atoms. The molecule has 140 valence electrons. The molecular weight excluding hydrogens is 352 g/mol. The maximum absolute atomic E-state index is 12.4. The summed E-state index contributed by atoms with van der Waals surface area (Å²) >= 11 is 0. The molecule has 0 unspecified atom stereocenters. The monoisotopic (exact) mass is 370 g/mol. The molecule has 27 heavy (non-hydrogen) atoms. The molecule has 2 aromatic carbocycles. The van der Waals surface area contributed by atoms with Crippen LogP contribution in [0.4, 0.5) is 4.79 Å². The minimum atomic E-state index is -1.32. The summed E-state index contributed by atoms with van der Waals surface area (Å²) < 4.78 is 9.90. The van der Waals surface area contributed by atoms with E-state index < -0.39 is 30.0 Å². The van der Waals surface area contributed by atoms with Crippen molar-refractivity contribution in [1.82, 2.24) is 10.6 Å². The third-order valence-electron chi connectivity index (χ3n) is 3.57. The third-order valence-corrected chi connectivity index (χ3v) is 3.57. The molecule has 0 aromatic heterocycles. The molecule has 0 saturated heterocycles. The summed E-state index contributed by atoms with van der Waals surface area (Å²) in [6.45, 7) is 0. The van der Waals surface area contributed by atoms with Crippen molar-refractivity contribution in [3.05, 3.63) is 71.3 Å². The lowest BCUT2D eigenvalue weighted by atomic mass is 10.1. The average molecular weight is 370 g/mol. The Bertz CT molecular complexity index is 833.